The molecule has 0 aliphatic carbocycles. The molecule has 0 saturated carbocycles. The molecule has 172 valence electrons. The van der Waals surface area contributed by atoms with Gasteiger partial charge in [0.1, 0.15) is 0 Å². The van der Waals surface area contributed by atoms with E-state index in [1.54, 1.807) is 0 Å². The molecule has 2 amide bonds. The monoisotopic (exact) mass is 465 g/mol. The van der Waals surface area contributed by atoms with Gasteiger partial charge in [-0.1, -0.05) is 36.4 Å². The van der Waals surface area contributed by atoms with E-state index in [4.69, 9.17) is 9.47 Å². The second kappa shape index (κ2) is 7.55. The van der Waals surface area contributed by atoms with Crippen LogP contribution in [-0.2, 0) is 0 Å². The van der Waals surface area contributed by atoms with Gasteiger partial charge in [-0.2, -0.15) is 0 Å². The summed E-state index contributed by atoms with van der Waals surface area (Å²) in [5, 5.41) is 4.10. The lowest BCUT2D eigenvalue weighted by Gasteiger charge is -2.19. The van der Waals surface area contributed by atoms with Crippen molar-refractivity contribution in [2.75, 3.05) is 18.7 Å². The van der Waals surface area contributed by atoms with Gasteiger partial charge in [-0.3, -0.25) is 5.43 Å². The Hall–Kier alpha value is -4.47. The molecule has 6 rings (SSSR count). The Balaban J connectivity index is 1.26. The summed E-state index contributed by atoms with van der Waals surface area (Å²) in [5.74, 6) is 1.05. The van der Waals surface area contributed by atoms with Crippen molar-refractivity contribution < 1.29 is 32.5 Å². The lowest BCUT2D eigenvalue weighted by Crippen LogP contribution is -2.40. The van der Waals surface area contributed by atoms with Gasteiger partial charge < -0.3 is 24.3 Å². The van der Waals surface area contributed by atoms with E-state index in [2.05, 4.69) is 20.2 Å². The molecule has 10 heteroatoms. The van der Waals surface area contributed by atoms with E-state index in [1.807, 2.05) is 48.5 Å². The largest absolute Gasteiger partial charge is 0.586 e. The molecule has 34 heavy (non-hydrogen) atoms. The number of benzene rings is 3. The number of nitrogens with one attached hydrogen (secondary N) is 2. The predicted octanol–water partition coefficient (Wildman–Crippen LogP) is 4.66. The zero-order chi connectivity index (χ0) is 23.3. The molecular formula is C24H17F2N3O5. The number of ether oxygens (including phenoxy) is 4. The molecular weight excluding hydrogens is 448 g/mol. The number of anilines is 1. The summed E-state index contributed by atoms with van der Waals surface area (Å²) in [4.78, 5) is 13.0. The van der Waals surface area contributed by atoms with Crippen molar-refractivity contribution in [3.63, 3.8) is 0 Å². The van der Waals surface area contributed by atoms with Crippen molar-refractivity contribution in [1.82, 2.24) is 10.4 Å². The molecule has 0 bridgehead atoms. The molecule has 0 unspecified atom stereocenters. The fourth-order valence-corrected chi connectivity index (χ4v) is 3.98. The normalized spacial score (nSPS) is 17.1. The maximum absolute atomic E-state index is 13.3. The van der Waals surface area contributed by atoms with Crippen LogP contribution in [0.5, 0.6) is 23.0 Å². The number of rotatable bonds is 3. The van der Waals surface area contributed by atoms with Crippen molar-refractivity contribution in [3.8, 4) is 23.0 Å². The molecule has 2 N–H and O–H groups in total. The number of urea groups is 1. The number of amides is 2. The quantitative estimate of drug-likeness (QED) is 0.586. The summed E-state index contributed by atoms with van der Waals surface area (Å²) in [5.41, 5.74) is 6.86. The molecule has 0 aromatic heterocycles. The number of hydrogen-bond acceptors (Lipinski definition) is 6. The topological polar surface area (TPSA) is 81.3 Å². The second-order valence-electron chi connectivity index (χ2n) is 7.74. The van der Waals surface area contributed by atoms with E-state index >= 15 is 0 Å². The first-order valence-electron chi connectivity index (χ1n) is 10.4. The molecule has 3 aromatic carbocycles. The van der Waals surface area contributed by atoms with E-state index < -0.39 is 12.3 Å². The van der Waals surface area contributed by atoms with Crippen LogP contribution in [0.1, 0.15) is 11.1 Å². The lowest BCUT2D eigenvalue weighted by molar-refractivity contribution is -0.286. The zero-order valence-corrected chi connectivity index (χ0v) is 17.5. The average Bonchev–Trinajstić information content (AvgIpc) is 3.54. The van der Waals surface area contributed by atoms with Gasteiger partial charge >= 0.3 is 12.3 Å². The molecule has 0 spiro atoms. The van der Waals surface area contributed by atoms with Gasteiger partial charge in [-0.25, -0.2) is 9.80 Å². The van der Waals surface area contributed by atoms with Crippen molar-refractivity contribution in [1.29, 1.82) is 0 Å². The summed E-state index contributed by atoms with van der Waals surface area (Å²) < 4.78 is 46.4. The van der Waals surface area contributed by atoms with E-state index in [0.29, 0.717) is 11.5 Å². The van der Waals surface area contributed by atoms with Gasteiger partial charge in [0.05, 0.1) is 12.2 Å². The fourth-order valence-electron chi connectivity index (χ4n) is 3.98. The highest BCUT2D eigenvalue weighted by molar-refractivity contribution is 5.98. The van der Waals surface area contributed by atoms with Crippen LogP contribution in [0.3, 0.4) is 0 Å². The van der Waals surface area contributed by atoms with E-state index in [9.17, 15) is 13.6 Å². The van der Waals surface area contributed by atoms with Crippen molar-refractivity contribution in [3.05, 3.63) is 77.9 Å². The van der Waals surface area contributed by atoms with Crippen molar-refractivity contribution >= 4 is 23.0 Å². The number of hydrazine groups is 1. The van der Waals surface area contributed by atoms with Crippen LogP contribution < -0.4 is 29.7 Å². The minimum atomic E-state index is -3.73. The highest BCUT2D eigenvalue weighted by Gasteiger charge is 2.43. The zero-order valence-electron chi connectivity index (χ0n) is 17.5. The first kappa shape index (κ1) is 20.2. The van der Waals surface area contributed by atoms with Gasteiger partial charge in [0.25, 0.3) is 0 Å². The van der Waals surface area contributed by atoms with Gasteiger partial charge in [0, 0.05) is 17.3 Å². The molecule has 3 aliphatic heterocycles. The van der Waals surface area contributed by atoms with Gasteiger partial charge in [0.15, 0.2) is 23.0 Å². The maximum atomic E-state index is 13.3. The van der Waals surface area contributed by atoms with Crippen molar-refractivity contribution in [2.45, 2.75) is 6.29 Å². The smallest absolute Gasteiger partial charge is 0.454 e. The van der Waals surface area contributed by atoms with Crippen LogP contribution in [0.4, 0.5) is 19.3 Å². The number of carbonyl (C=O) groups is 1. The third kappa shape index (κ3) is 3.58. The molecule has 8 nitrogen and oxygen atoms in total. The lowest BCUT2D eigenvalue weighted by atomic mass is 10.0. The summed E-state index contributed by atoms with van der Waals surface area (Å²) in [6.45, 7) is 0.413. The number of carbonyl (C=O) groups excluding carboxylic acids is 1. The van der Waals surface area contributed by atoms with Crippen LogP contribution in [-0.4, -0.2) is 30.7 Å². The van der Waals surface area contributed by atoms with Crippen LogP contribution in [0.15, 0.2) is 66.7 Å². The molecule has 0 radical (unpaired) electrons. The third-order valence-corrected chi connectivity index (χ3v) is 5.55. The number of alkyl halides is 2. The van der Waals surface area contributed by atoms with Gasteiger partial charge in [-0.15, -0.1) is 8.78 Å². The van der Waals surface area contributed by atoms with E-state index in [-0.39, 0.29) is 30.5 Å². The summed E-state index contributed by atoms with van der Waals surface area (Å²) in [6.07, 6.45) is -3.73. The molecule has 3 heterocycles. The molecule has 0 atom stereocenters. The minimum Gasteiger partial charge on any atom is -0.454 e. The summed E-state index contributed by atoms with van der Waals surface area (Å²) in [7, 11) is 0. The third-order valence-electron chi connectivity index (χ3n) is 5.55. The maximum Gasteiger partial charge on any atom is 0.586 e. The number of hydrogen-bond donors (Lipinski definition) is 2. The summed E-state index contributed by atoms with van der Waals surface area (Å²) in [6, 6.07) is 18.8. The van der Waals surface area contributed by atoms with Gasteiger partial charge in [-0.05, 0) is 35.4 Å². The van der Waals surface area contributed by atoms with Gasteiger partial charge in [0.2, 0.25) is 6.79 Å². The Morgan fingerprint density at radius 2 is 1.65 bits per heavy atom. The first-order chi connectivity index (χ1) is 16.4. The molecule has 0 saturated heterocycles. The van der Waals surface area contributed by atoms with E-state index in [0.717, 1.165) is 22.4 Å². The highest BCUT2D eigenvalue weighted by atomic mass is 19.3. The number of halogens is 2. The Kier molecular flexibility index (Phi) is 4.47. The predicted molar refractivity (Wildman–Crippen MR) is 117 cm³/mol. The van der Waals surface area contributed by atoms with E-state index in [1.165, 1.54) is 23.2 Å². The highest BCUT2D eigenvalue weighted by Crippen LogP contribution is 2.42. The van der Waals surface area contributed by atoms with Crippen LogP contribution in [0, 0.1) is 0 Å². The Bertz CT molecular complexity index is 1330. The average molecular weight is 465 g/mol. The molecule has 0 fully saturated rings. The summed E-state index contributed by atoms with van der Waals surface area (Å²) >= 11 is 0. The van der Waals surface area contributed by atoms with Crippen molar-refractivity contribution in [2.24, 2.45) is 0 Å². The number of fused-ring (bicyclic) bond motifs is 2. The molecule has 3 aliphatic rings. The van der Waals surface area contributed by atoms with Crippen LogP contribution in [0.25, 0.3) is 11.3 Å². The van der Waals surface area contributed by atoms with Crippen LogP contribution in [0.2, 0.25) is 0 Å². The standard InChI is InChI=1S/C24H17F2N3O5/c25-24(26)33-19-9-7-16(11-21(19)34-24)27-23(30)29-12-17(22(28-29)14-4-2-1-3-5-14)15-6-8-18-20(10-15)32-13-31-18/h1-11,28H,12-13H2,(H,27,30). The SMILES string of the molecule is O=C(Nc1ccc2c(c1)OC(F)(F)O2)N1CC(c2ccc3c(c2)OCO3)=C(c2ccccc2)N1. The Morgan fingerprint density at radius 3 is 2.50 bits per heavy atom. The Morgan fingerprint density at radius 1 is 0.882 bits per heavy atom. The number of nitrogens with zero attached hydrogens (tertiary/aromatic N) is 1. The second-order valence-corrected chi connectivity index (χ2v) is 7.74. The minimum absolute atomic E-state index is 0.0968. The first-order valence-corrected chi connectivity index (χ1v) is 10.4. The molecule has 3 aromatic rings. The Labute approximate surface area is 192 Å². The van der Waals surface area contributed by atoms with Crippen LogP contribution >= 0.6 is 0 Å². The fraction of sp³-hybridized carbons (Fsp3) is 0.125.